The van der Waals surface area contributed by atoms with Crippen LogP contribution < -0.4 is 14.8 Å². The minimum Gasteiger partial charge on any atom is -0.491 e. The van der Waals surface area contributed by atoms with E-state index in [9.17, 15) is 4.79 Å². The summed E-state index contributed by atoms with van der Waals surface area (Å²) in [6.45, 7) is 3.94. The Morgan fingerprint density at radius 3 is 2.33 bits per heavy atom. The van der Waals surface area contributed by atoms with Crippen molar-refractivity contribution in [3.05, 3.63) is 47.2 Å². The Balaban J connectivity index is 1.45. The van der Waals surface area contributed by atoms with Gasteiger partial charge in [0.1, 0.15) is 11.9 Å². The first kappa shape index (κ1) is 19.4. The predicted octanol–water partition coefficient (Wildman–Crippen LogP) is 4.04. The Labute approximate surface area is 164 Å². The number of carbonyl (C=O) groups excluding carboxylic acids is 1. The van der Waals surface area contributed by atoms with E-state index in [2.05, 4.69) is 15.3 Å². The van der Waals surface area contributed by atoms with Gasteiger partial charge in [0.2, 0.25) is 0 Å². The first-order chi connectivity index (χ1) is 13.0. The highest BCUT2D eigenvalue weighted by atomic mass is 35.5. The van der Waals surface area contributed by atoms with Gasteiger partial charge in [0.05, 0.1) is 23.5 Å². The fourth-order valence-corrected chi connectivity index (χ4v) is 3.16. The SMILES string of the molecule is CC(C)Oc1ccc(C(=O)NC2CCC(Oc3ncc(Cl)cn3)CC2)cc1. The molecular weight excluding hydrogens is 366 g/mol. The van der Waals surface area contributed by atoms with E-state index in [0.29, 0.717) is 16.6 Å². The number of amides is 1. The second kappa shape index (κ2) is 9.04. The van der Waals surface area contributed by atoms with Crippen LogP contribution in [0.15, 0.2) is 36.7 Å². The number of hydrogen-bond donors (Lipinski definition) is 1. The van der Waals surface area contributed by atoms with E-state index >= 15 is 0 Å². The van der Waals surface area contributed by atoms with E-state index in [4.69, 9.17) is 21.1 Å². The molecule has 27 heavy (non-hydrogen) atoms. The molecule has 0 saturated heterocycles. The molecule has 1 heterocycles. The standard InChI is InChI=1S/C20H24ClN3O3/c1-13(2)26-17-7-3-14(4-8-17)19(25)24-16-5-9-18(10-6-16)27-20-22-11-15(21)12-23-20/h3-4,7-8,11-13,16,18H,5-6,9-10H2,1-2H3,(H,24,25). The summed E-state index contributed by atoms with van der Waals surface area (Å²) in [7, 11) is 0. The molecule has 0 aliphatic heterocycles. The molecule has 0 spiro atoms. The van der Waals surface area contributed by atoms with Gasteiger partial charge in [0.15, 0.2) is 0 Å². The molecule has 3 rings (SSSR count). The van der Waals surface area contributed by atoms with E-state index in [0.717, 1.165) is 31.4 Å². The van der Waals surface area contributed by atoms with Crippen molar-refractivity contribution in [1.82, 2.24) is 15.3 Å². The maximum Gasteiger partial charge on any atom is 0.316 e. The monoisotopic (exact) mass is 389 g/mol. The number of halogens is 1. The molecule has 6 nitrogen and oxygen atoms in total. The van der Waals surface area contributed by atoms with Crippen LogP contribution in [0.2, 0.25) is 5.02 Å². The van der Waals surface area contributed by atoms with Gasteiger partial charge in [-0.25, -0.2) is 9.97 Å². The Bertz CT molecular complexity index is 742. The molecule has 0 unspecified atom stereocenters. The van der Waals surface area contributed by atoms with Crippen LogP contribution in [0.3, 0.4) is 0 Å². The zero-order chi connectivity index (χ0) is 19.2. The Kier molecular flexibility index (Phi) is 6.50. The molecule has 1 N–H and O–H groups in total. The van der Waals surface area contributed by atoms with Gasteiger partial charge in [-0.2, -0.15) is 0 Å². The van der Waals surface area contributed by atoms with Crippen LogP contribution in [0, 0.1) is 0 Å². The Morgan fingerprint density at radius 1 is 1.11 bits per heavy atom. The van der Waals surface area contributed by atoms with E-state index in [1.54, 1.807) is 12.1 Å². The highest BCUT2D eigenvalue weighted by molar-refractivity contribution is 6.30. The quantitative estimate of drug-likeness (QED) is 0.807. The maximum atomic E-state index is 12.4. The molecule has 0 atom stereocenters. The lowest BCUT2D eigenvalue weighted by molar-refractivity contribution is 0.0885. The van der Waals surface area contributed by atoms with Crippen molar-refractivity contribution < 1.29 is 14.3 Å². The van der Waals surface area contributed by atoms with Crippen molar-refractivity contribution in [3.63, 3.8) is 0 Å². The smallest absolute Gasteiger partial charge is 0.316 e. The predicted molar refractivity (Wildman–Crippen MR) is 103 cm³/mol. The molecule has 1 aliphatic rings. The highest BCUT2D eigenvalue weighted by Gasteiger charge is 2.24. The van der Waals surface area contributed by atoms with E-state index in [-0.39, 0.29) is 24.2 Å². The number of nitrogens with one attached hydrogen (secondary N) is 1. The number of carbonyl (C=O) groups is 1. The fraction of sp³-hybridized carbons (Fsp3) is 0.450. The number of hydrogen-bond acceptors (Lipinski definition) is 5. The van der Waals surface area contributed by atoms with Crippen molar-refractivity contribution >= 4 is 17.5 Å². The lowest BCUT2D eigenvalue weighted by atomic mass is 9.92. The normalized spacial score (nSPS) is 19.6. The van der Waals surface area contributed by atoms with Crippen LogP contribution in [0.5, 0.6) is 11.8 Å². The lowest BCUT2D eigenvalue weighted by Crippen LogP contribution is -2.39. The molecule has 7 heteroatoms. The molecular formula is C20H24ClN3O3. The van der Waals surface area contributed by atoms with Gasteiger partial charge in [-0.15, -0.1) is 0 Å². The van der Waals surface area contributed by atoms with Gasteiger partial charge in [-0.3, -0.25) is 4.79 Å². The van der Waals surface area contributed by atoms with Crippen LogP contribution in [0.4, 0.5) is 0 Å². The second-order valence-electron chi connectivity index (χ2n) is 6.94. The Morgan fingerprint density at radius 2 is 1.74 bits per heavy atom. The van der Waals surface area contributed by atoms with Crippen molar-refractivity contribution in [1.29, 1.82) is 0 Å². The van der Waals surface area contributed by atoms with Gasteiger partial charge in [-0.1, -0.05) is 11.6 Å². The van der Waals surface area contributed by atoms with E-state index < -0.39 is 0 Å². The first-order valence-corrected chi connectivity index (χ1v) is 9.59. The maximum absolute atomic E-state index is 12.4. The van der Waals surface area contributed by atoms with Crippen molar-refractivity contribution in [2.24, 2.45) is 0 Å². The molecule has 0 radical (unpaired) electrons. The summed E-state index contributed by atoms with van der Waals surface area (Å²) < 4.78 is 11.4. The molecule has 2 aromatic rings. The van der Waals surface area contributed by atoms with E-state index in [1.807, 2.05) is 26.0 Å². The molecule has 1 aliphatic carbocycles. The third-order valence-electron chi connectivity index (χ3n) is 4.37. The molecule has 1 fully saturated rings. The van der Waals surface area contributed by atoms with Gasteiger partial charge in [0.25, 0.3) is 5.91 Å². The average molecular weight is 390 g/mol. The summed E-state index contributed by atoms with van der Waals surface area (Å²) >= 11 is 5.78. The summed E-state index contributed by atoms with van der Waals surface area (Å²) in [5.41, 5.74) is 0.638. The van der Waals surface area contributed by atoms with Gasteiger partial charge < -0.3 is 14.8 Å². The number of nitrogens with zero attached hydrogens (tertiary/aromatic N) is 2. The van der Waals surface area contributed by atoms with Crippen molar-refractivity contribution in [3.8, 4) is 11.8 Å². The minimum absolute atomic E-state index is 0.0588. The van der Waals surface area contributed by atoms with Gasteiger partial charge >= 0.3 is 6.01 Å². The second-order valence-corrected chi connectivity index (χ2v) is 7.38. The van der Waals surface area contributed by atoms with Crippen LogP contribution in [-0.4, -0.2) is 34.1 Å². The van der Waals surface area contributed by atoms with Crippen LogP contribution >= 0.6 is 11.6 Å². The first-order valence-electron chi connectivity index (χ1n) is 9.21. The lowest BCUT2D eigenvalue weighted by Gasteiger charge is -2.28. The highest BCUT2D eigenvalue weighted by Crippen LogP contribution is 2.23. The molecule has 0 bridgehead atoms. The zero-order valence-electron chi connectivity index (χ0n) is 15.5. The molecule has 1 amide bonds. The van der Waals surface area contributed by atoms with Gasteiger partial charge in [0, 0.05) is 11.6 Å². The van der Waals surface area contributed by atoms with Crippen LogP contribution in [0.25, 0.3) is 0 Å². The summed E-state index contributed by atoms with van der Waals surface area (Å²) in [4.78, 5) is 20.6. The van der Waals surface area contributed by atoms with Crippen molar-refractivity contribution in [2.45, 2.75) is 57.8 Å². The van der Waals surface area contributed by atoms with Gasteiger partial charge in [-0.05, 0) is 63.8 Å². The molecule has 1 saturated carbocycles. The number of ether oxygens (including phenoxy) is 2. The summed E-state index contributed by atoms with van der Waals surface area (Å²) in [5.74, 6) is 0.708. The fourth-order valence-electron chi connectivity index (χ4n) is 3.06. The van der Waals surface area contributed by atoms with E-state index in [1.165, 1.54) is 12.4 Å². The topological polar surface area (TPSA) is 73.3 Å². The Hall–Kier alpha value is -2.34. The largest absolute Gasteiger partial charge is 0.491 e. The summed E-state index contributed by atoms with van der Waals surface area (Å²) in [5, 5.41) is 3.59. The zero-order valence-corrected chi connectivity index (χ0v) is 16.3. The number of rotatable bonds is 6. The minimum atomic E-state index is -0.0588. The number of aromatic nitrogens is 2. The van der Waals surface area contributed by atoms with Crippen LogP contribution in [-0.2, 0) is 0 Å². The summed E-state index contributed by atoms with van der Waals surface area (Å²) in [6, 6.07) is 7.72. The molecule has 1 aromatic heterocycles. The molecule has 1 aromatic carbocycles. The number of benzene rings is 1. The summed E-state index contributed by atoms with van der Waals surface area (Å²) in [6.07, 6.45) is 6.63. The van der Waals surface area contributed by atoms with Crippen LogP contribution in [0.1, 0.15) is 49.9 Å². The molecule has 144 valence electrons. The average Bonchev–Trinajstić information content (AvgIpc) is 2.65. The third kappa shape index (κ3) is 5.82. The third-order valence-corrected chi connectivity index (χ3v) is 4.56. The van der Waals surface area contributed by atoms with Crippen molar-refractivity contribution in [2.75, 3.05) is 0 Å².